The second-order valence-corrected chi connectivity index (χ2v) is 10.7. The van der Waals surface area contributed by atoms with Crippen LogP contribution in [-0.4, -0.2) is 65.1 Å². The average Bonchev–Trinajstić information content (AvgIpc) is 3.41. The Hall–Kier alpha value is -3.46. The number of anilines is 1. The van der Waals surface area contributed by atoms with E-state index in [-0.39, 0.29) is 11.9 Å². The smallest absolute Gasteiger partial charge is 0.328 e. The Balaban J connectivity index is 1.22. The quantitative estimate of drug-likeness (QED) is 0.276. The van der Waals surface area contributed by atoms with Crippen LogP contribution in [0.5, 0.6) is 0 Å². The van der Waals surface area contributed by atoms with Crippen molar-refractivity contribution in [2.75, 3.05) is 38.6 Å². The Morgan fingerprint density at radius 1 is 0.974 bits per heavy atom. The molecule has 0 spiro atoms. The lowest BCUT2D eigenvalue weighted by molar-refractivity contribution is -0.142. The number of fused-ring (bicyclic) bond motifs is 1. The minimum absolute atomic E-state index is 0.0409. The van der Waals surface area contributed by atoms with Gasteiger partial charge in [-0.2, -0.15) is 0 Å². The van der Waals surface area contributed by atoms with Crippen LogP contribution in [0.15, 0.2) is 65.1 Å². The Bertz CT molecular complexity index is 1410. The highest BCUT2D eigenvalue weighted by Crippen LogP contribution is 2.26. The number of ether oxygens (including phenoxy) is 1. The SMILES string of the molecule is COC(=O)[C@@H](Nc1nc(CN2CCN(Cc3ccc(-c4ccc(Cl)cc4)o3)CC2)nc2ccccc12)C(C)C. The summed E-state index contributed by atoms with van der Waals surface area (Å²) in [5, 5.41) is 4.93. The first-order chi connectivity index (χ1) is 18.9. The lowest BCUT2D eigenvalue weighted by Gasteiger charge is -2.33. The summed E-state index contributed by atoms with van der Waals surface area (Å²) in [6, 6.07) is 19.1. The van der Waals surface area contributed by atoms with Crippen LogP contribution in [-0.2, 0) is 22.6 Å². The predicted octanol–water partition coefficient (Wildman–Crippen LogP) is 5.47. The van der Waals surface area contributed by atoms with Crippen molar-refractivity contribution < 1.29 is 13.9 Å². The molecular formula is C30H34ClN5O3. The minimum Gasteiger partial charge on any atom is -0.467 e. The number of hydrogen-bond donors (Lipinski definition) is 1. The first-order valence-electron chi connectivity index (χ1n) is 13.3. The summed E-state index contributed by atoms with van der Waals surface area (Å²) in [5.74, 6) is 2.93. The number of carbonyl (C=O) groups is 1. The fourth-order valence-electron chi connectivity index (χ4n) is 4.84. The van der Waals surface area contributed by atoms with Crippen molar-refractivity contribution >= 4 is 34.3 Å². The molecule has 2 aromatic carbocycles. The summed E-state index contributed by atoms with van der Waals surface area (Å²) in [5.41, 5.74) is 1.87. The molecule has 0 saturated carbocycles. The number of carbonyl (C=O) groups excluding carboxylic acids is 1. The van der Waals surface area contributed by atoms with Crippen LogP contribution in [0.1, 0.15) is 25.4 Å². The fraction of sp³-hybridized carbons (Fsp3) is 0.367. The Labute approximate surface area is 233 Å². The van der Waals surface area contributed by atoms with Crippen LogP contribution in [0.4, 0.5) is 5.82 Å². The first-order valence-corrected chi connectivity index (χ1v) is 13.7. The fourth-order valence-corrected chi connectivity index (χ4v) is 4.96. The van der Waals surface area contributed by atoms with Crippen molar-refractivity contribution in [2.24, 2.45) is 5.92 Å². The summed E-state index contributed by atoms with van der Waals surface area (Å²) in [7, 11) is 1.41. The summed E-state index contributed by atoms with van der Waals surface area (Å²) < 4.78 is 11.1. The molecule has 1 atom stereocenters. The third-order valence-electron chi connectivity index (χ3n) is 7.06. The zero-order valence-corrected chi connectivity index (χ0v) is 23.3. The highest BCUT2D eigenvalue weighted by Gasteiger charge is 2.25. The Morgan fingerprint density at radius 3 is 2.36 bits per heavy atom. The van der Waals surface area contributed by atoms with E-state index in [4.69, 9.17) is 30.7 Å². The summed E-state index contributed by atoms with van der Waals surface area (Å²) >= 11 is 6.01. The number of benzene rings is 2. The lowest BCUT2D eigenvalue weighted by atomic mass is 10.0. The summed E-state index contributed by atoms with van der Waals surface area (Å²) in [6.07, 6.45) is 0. The van der Waals surface area contributed by atoms with Crippen LogP contribution < -0.4 is 5.32 Å². The molecule has 1 fully saturated rings. The molecule has 4 aromatic rings. The standard InChI is InChI=1S/C30H34ClN5O3/c1-20(2)28(30(37)38-3)34-29-24-6-4-5-7-25(24)32-27(33-29)19-36-16-14-35(15-17-36)18-23-12-13-26(39-23)21-8-10-22(31)11-9-21/h4-13,20,28H,14-19H2,1-3H3,(H,32,33,34)/t28-/m0/s1. The van der Waals surface area contributed by atoms with Crippen molar-refractivity contribution in [2.45, 2.75) is 33.0 Å². The van der Waals surface area contributed by atoms with E-state index >= 15 is 0 Å². The average molecular weight is 548 g/mol. The molecule has 5 rings (SSSR count). The normalized spacial score (nSPS) is 15.5. The molecule has 39 heavy (non-hydrogen) atoms. The van der Waals surface area contributed by atoms with Gasteiger partial charge < -0.3 is 14.5 Å². The topological polar surface area (TPSA) is 83.7 Å². The third-order valence-corrected chi connectivity index (χ3v) is 7.32. The van der Waals surface area contributed by atoms with E-state index in [1.807, 2.05) is 74.5 Å². The number of aromatic nitrogens is 2. The van der Waals surface area contributed by atoms with Gasteiger partial charge in [-0.25, -0.2) is 14.8 Å². The minimum atomic E-state index is -0.494. The number of hydrogen-bond acceptors (Lipinski definition) is 8. The van der Waals surface area contributed by atoms with Crippen LogP contribution in [0.25, 0.3) is 22.2 Å². The predicted molar refractivity (Wildman–Crippen MR) is 154 cm³/mol. The Kier molecular flexibility index (Phi) is 8.45. The molecule has 0 radical (unpaired) electrons. The molecule has 3 heterocycles. The number of furan rings is 1. The van der Waals surface area contributed by atoms with Crippen molar-refractivity contribution in [3.05, 3.63) is 77.3 Å². The van der Waals surface area contributed by atoms with Crippen molar-refractivity contribution in [3.63, 3.8) is 0 Å². The zero-order valence-electron chi connectivity index (χ0n) is 22.6. The largest absolute Gasteiger partial charge is 0.467 e. The number of rotatable bonds is 9. The van der Waals surface area contributed by atoms with Gasteiger partial charge >= 0.3 is 5.97 Å². The van der Waals surface area contributed by atoms with Gasteiger partial charge in [0.05, 0.1) is 25.7 Å². The van der Waals surface area contributed by atoms with Crippen molar-refractivity contribution in [3.8, 4) is 11.3 Å². The van der Waals surface area contributed by atoms with E-state index in [9.17, 15) is 4.79 Å². The molecule has 2 aromatic heterocycles. The van der Waals surface area contributed by atoms with Gasteiger partial charge in [-0.1, -0.05) is 37.6 Å². The van der Waals surface area contributed by atoms with E-state index < -0.39 is 6.04 Å². The zero-order chi connectivity index (χ0) is 27.4. The van der Waals surface area contributed by atoms with Gasteiger partial charge in [0.15, 0.2) is 0 Å². The second kappa shape index (κ2) is 12.2. The van der Waals surface area contributed by atoms with Gasteiger partial charge in [0.1, 0.15) is 29.2 Å². The number of nitrogens with zero attached hydrogens (tertiary/aromatic N) is 4. The molecule has 204 valence electrons. The van der Waals surface area contributed by atoms with Gasteiger partial charge in [-0.05, 0) is 54.4 Å². The summed E-state index contributed by atoms with van der Waals surface area (Å²) in [4.78, 5) is 26.8. The number of halogens is 1. The van der Waals surface area contributed by atoms with E-state index in [1.165, 1.54) is 7.11 Å². The number of nitrogens with one attached hydrogen (secondary N) is 1. The van der Waals surface area contributed by atoms with E-state index in [0.29, 0.717) is 17.4 Å². The van der Waals surface area contributed by atoms with Gasteiger partial charge in [0, 0.05) is 42.2 Å². The monoisotopic (exact) mass is 547 g/mol. The number of methoxy groups -OCH3 is 1. The maximum absolute atomic E-state index is 12.4. The molecule has 0 unspecified atom stereocenters. The molecule has 1 saturated heterocycles. The van der Waals surface area contributed by atoms with Crippen LogP contribution in [0.3, 0.4) is 0 Å². The first kappa shape index (κ1) is 27.1. The molecule has 0 aliphatic carbocycles. The molecule has 0 bridgehead atoms. The Morgan fingerprint density at radius 2 is 1.67 bits per heavy atom. The van der Waals surface area contributed by atoms with Gasteiger partial charge in [0.2, 0.25) is 0 Å². The lowest BCUT2D eigenvalue weighted by Crippen LogP contribution is -2.45. The highest BCUT2D eigenvalue weighted by atomic mass is 35.5. The van der Waals surface area contributed by atoms with E-state index in [2.05, 4.69) is 15.1 Å². The van der Waals surface area contributed by atoms with Crippen LogP contribution in [0.2, 0.25) is 5.02 Å². The van der Waals surface area contributed by atoms with Crippen LogP contribution in [0, 0.1) is 5.92 Å². The summed E-state index contributed by atoms with van der Waals surface area (Å²) in [6.45, 7) is 9.03. The van der Waals surface area contributed by atoms with E-state index in [0.717, 1.165) is 66.5 Å². The van der Waals surface area contributed by atoms with Crippen LogP contribution >= 0.6 is 11.6 Å². The molecule has 1 aliphatic heterocycles. The molecular weight excluding hydrogens is 514 g/mol. The molecule has 1 N–H and O–H groups in total. The molecule has 8 nitrogen and oxygen atoms in total. The van der Waals surface area contributed by atoms with Gasteiger partial charge in [-0.3, -0.25) is 9.80 Å². The van der Waals surface area contributed by atoms with Crippen molar-refractivity contribution in [1.29, 1.82) is 0 Å². The number of para-hydroxylation sites is 1. The highest BCUT2D eigenvalue weighted by molar-refractivity contribution is 6.30. The maximum Gasteiger partial charge on any atom is 0.328 e. The van der Waals surface area contributed by atoms with Crippen molar-refractivity contribution in [1.82, 2.24) is 19.8 Å². The second-order valence-electron chi connectivity index (χ2n) is 10.2. The third kappa shape index (κ3) is 6.58. The molecule has 9 heteroatoms. The maximum atomic E-state index is 12.4. The molecule has 0 amide bonds. The number of piperazine rings is 1. The van der Waals surface area contributed by atoms with Gasteiger partial charge in [-0.15, -0.1) is 0 Å². The molecule has 1 aliphatic rings. The number of esters is 1. The van der Waals surface area contributed by atoms with E-state index in [1.54, 1.807) is 0 Å². The van der Waals surface area contributed by atoms with Gasteiger partial charge in [0.25, 0.3) is 0 Å².